The van der Waals surface area contributed by atoms with Crippen LogP contribution in [0, 0.1) is 0 Å². The summed E-state index contributed by atoms with van der Waals surface area (Å²) < 4.78 is 32.5. The SMILES string of the molecule is CN(Cc1ccc(C(C)(C)C)cc1)C(=O)c1ccc(S(=O)(=O)NCc2ccco2)cc1. The maximum Gasteiger partial charge on any atom is 0.253 e. The van der Waals surface area contributed by atoms with E-state index >= 15 is 0 Å². The van der Waals surface area contributed by atoms with E-state index in [0.717, 1.165) is 5.56 Å². The summed E-state index contributed by atoms with van der Waals surface area (Å²) in [6.45, 7) is 7.01. The first kappa shape index (κ1) is 22.8. The van der Waals surface area contributed by atoms with Gasteiger partial charge in [0.15, 0.2) is 0 Å². The molecule has 0 unspecified atom stereocenters. The Labute approximate surface area is 183 Å². The van der Waals surface area contributed by atoms with Gasteiger partial charge in [0, 0.05) is 19.2 Å². The second-order valence-electron chi connectivity index (χ2n) is 8.54. The van der Waals surface area contributed by atoms with Crippen LogP contribution in [0.2, 0.25) is 0 Å². The highest BCUT2D eigenvalue weighted by Gasteiger charge is 2.18. The summed E-state index contributed by atoms with van der Waals surface area (Å²) in [5.74, 6) is 0.347. The average Bonchev–Trinajstić information content (AvgIpc) is 3.25. The molecule has 3 rings (SSSR count). The molecule has 0 fully saturated rings. The number of nitrogens with one attached hydrogen (secondary N) is 1. The highest BCUT2D eigenvalue weighted by Crippen LogP contribution is 2.22. The van der Waals surface area contributed by atoms with Crippen LogP contribution < -0.4 is 4.72 Å². The fourth-order valence-corrected chi connectivity index (χ4v) is 4.11. The number of amides is 1. The van der Waals surface area contributed by atoms with Crippen molar-refractivity contribution in [3.8, 4) is 0 Å². The van der Waals surface area contributed by atoms with E-state index in [1.807, 2.05) is 12.1 Å². The van der Waals surface area contributed by atoms with Gasteiger partial charge in [-0.05, 0) is 52.9 Å². The summed E-state index contributed by atoms with van der Waals surface area (Å²) >= 11 is 0. The van der Waals surface area contributed by atoms with E-state index in [2.05, 4.69) is 37.6 Å². The number of rotatable bonds is 7. The van der Waals surface area contributed by atoms with Gasteiger partial charge in [0.05, 0.1) is 17.7 Å². The quantitative estimate of drug-likeness (QED) is 0.593. The molecule has 0 aliphatic carbocycles. The topological polar surface area (TPSA) is 79.6 Å². The van der Waals surface area contributed by atoms with Crippen LogP contribution in [0.1, 0.15) is 48.0 Å². The second-order valence-corrected chi connectivity index (χ2v) is 10.3. The largest absolute Gasteiger partial charge is 0.468 e. The van der Waals surface area contributed by atoms with Crippen molar-refractivity contribution in [2.45, 2.75) is 44.2 Å². The third-order valence-corrected chi connectivity index (χ3v) is 6.43. The molecule has 0 aliphatic heterocycles. The van der Waals surface area contributed by atoms with Gasteiger partial charge in [0.2, 0.25) is 10.0 Å². The Balaban J connectivity index is 1.63. The zero-order valence-electron chi connectivity index (χ0n) is 18.3. The molecule has 3 aromatic rings. The van der Waals surface area contributed by atoms with E-state index < -0.39 is 10.0 Å². The molecular weight excluding hydrogens is 412 g/mol. The first-order valence-electron chi connectivity index (χ1n) is 10.0. The molecule has 2 aromatic carbocycles. The second kappa shape index (κ2) is 9.08. The molecule has 1 amide bonds. The van der Waals surface area contributed by atoms with Crippen molar-refractivity contribution < 1.29 is 17.6 Å². The van der Waals surface area contributed by atoms with Crippen molar-refractivity contribution in [2.75, 3.05) is 7.05 Å². The van der Waals surface area contributed by atoms with Crippen LogP contribution in [0.5, 0.6) is 0 Å². The van der Waals surface area contributed by atoms with E-state index in [1.54, 1.807) is 24.1 Å². The normalized spacial score (nSPS) is 12.0. The summed E-state index contributed by atoms with van der Waals surface area (Å²) in [7, 11) is -1.97. The van der Waals surface area contributed by atoms with Gasteiger partial charge in [-0.2, -0.15) is 0 Å². The number of nitrogens with zero attached hydrogens (tertiary/aromatic N) is 1. The summed E-state index contributed by atoms with van der Waals surface area (Å²) in [5.41, 5.74) is 2.78. The highest BCUT2D eigenvalue weighted by molar-refractivity contribution is 7.89. The van der Waals surface area contributed by atoms with Gasteiger partial charge in [-0.25, -0.2) is 13.1 Å². The summed E-state index contributed by atoms with van der Waals surface area (Å²) in [6, 6.07) is 17.6. The predicted molar refractivity (Wildman–Crippen MR) is 120 cm³/mol. The molecule has 31 heavy (non-hydrogen) atoms. The van der Waals surface area contributed by atoms with Crippen LogP contribution in [-0.4, -0.2) is 26.3 Å². The molecule has 0 radical (unpaired) electrons. The summed E-state index contributed by atoms with van der Waals surface area (Å²) in [6.07, 6.45) is 1.49. The Hall–Kier alpha value is -2.90. The number of hydrogen-bond acceptors (Lipinski definition) is 4. The Morgan fingerprint density at radius 3 is 2.19 bits per heavy atom. The zero-order valence-corrected chi connectivity index (χ0v) is 19.1. The number of hydrogen-bond donors (Lipinski definition) is 1. The van der Waals surface area contributed by atoms with E-state index in [-0.39, 0.29) is 22.8 Å². The van der Waals surface area contributed by atoms with Crippen molar-refractivity contribution in [1.82, 2.24) is 9.62 Å². The highest BCUT2D eigenvalue weighted by atomic mass is 32.2. The number of sulfonamides is 1. The minimum absolute atomic E-state index is 0.0623. The lowest BCUT2D eigenvalue weighted by Gasteiger charge is -2.21. The fourth-order valence-electron chi connectivity index (χ4n) is 3.12. The molecular formula is C24H28N2O4S. The third-order valence-electron chi connectivity index (χ3n) is 5.01. The van der Waals surface area contributed by atoms with Crippen LogP contribution >= 0.6 is 0 Å². The van der Waals surface area contributed by atoms with E-state index in [9.17, 15) is 13.2 Å². The van der Waals surface area contributed by atoms with Gasteiger partial charge in [0.1, 0.15) is 5.76 Å². The lowest BCUT2D eigenvalue weighted by Crippen LogP contribution is -2.26. The molecule has 164 valence electrons. The molecule has 1 heterocycles. The Morgan fingerprint density at radius 1 is 1.00 bits per heavy atom. The molecule has 0 bridgehead atoms. The van der Waals surface area contributed by atoms with Gasteiger partial charge < -0.3 is 9.32 Å². The number of benzene rings is 2. The molecule has 0 saturated carbocycles. The minimum Gasteiger partial charge on any atom is -0.468 e. The van der Waals surface area contributed by atoms with Crippen LogP contribution in [-0.2, 0) is 28.5 Å². The summed E-state index contributed by atoms with van der Waals surface area (Å²) in [4.78, 5) is 14.5. The molecule has 1 N–H and O–H groups in total. The number of carbonyl (C=O) groups excluding carboxylic acids is 1. The maximum absolute atomic E-state index is 12.8. The lowest BCUT2D eigenvalue weighted by atomic mass is 9.87. The van der Waals surface area contributed by atoms with Gasteiger partial charge in [-0.1, -0.05) is 45.0 Å². The monoisotopic (exact) mass is 440 g/mol. The van der Waals surface area contributed by atoms with Crippen molar-refractivity contribution in [3.05, 3.63) is 89.4 Å². The Bertz CT molecular complexity index is 1110. The van der Waals surface area contributed by atoms with Crippen LogP contribution in [0.3, 0.4) is 0 Å². The average molecular weight is 441 g/mol. The first-order valence-corrected chi connectivity index (χ1v) is 11.5. The van der Waals surface area contributed by atoms with Crippen LogP contribution in [0.4, 0.5) is 0 Å². The lowest BCUT2D eigenvalue weighted by molar-refractivity contribution is 0.0785. The molecule has 0 saturated heterocycles. The molecule has 0 spiro atoms. The van der Waals surface area contributed by atoms with Crippen molar-refractivity contribution in [2.24, 2.45) is 0 Å². The van der Waals surface area contributed by atoms with Crippen LogP contribution in [0.15, 0.2) is 76.2 Å². The van der Waals surface area contributed by atoms with E-state index in [1.165, 1.54) is 36.1 Å². The number of carbonyl (C=O) groups is 1. The van der Waals surface area contributed by atoms with Gasteiger partial charge in [-0.3, -0.25) is 4.79 Å². The molecule has 1 aromatic heterocycles. The summed E-state index contributed by atoms with van der Waals surface area (Å²) in [5, 5.41) is 0. The zero-order chi connectivity index (χ0) is 22.6. The van der Waals surface area contributed by atoms with Crippen LogP contribution in [0.25, 0.3) is 0 Å². The van der Waals surface area contributed by atoms with E-state index in [0.29, 0.717) is 17.9 Å². The Morgan fingerprint density at radius 2 is 1.65 bits per heavy atom. The predicted octanol–water partition coefficient (Wildman–Crippen LogP) is 4.33. The van der Waals surface area contributed by atoms with Crippen molar-refractivity contribution in [1.29, 1.82) is 0 Å². The van der Waals surface area contributed by atoms with Gasteiger partial charge >= 0.3 is 0 Å². The van der Waals surface area contributed by atoms with Gasteiger partial charge in [0.25, 0.3) is 5.91 Å². The molecule has 6 nitrogen and oxygen atoms in total. The third kappa shape index (κ3) is 5.83. The molecule has 0 atom stereocenters. The van der Waals surface area contributed by atoms with Crippen molar-refractivity contribution >= 4 is 15.9 Å². The Kier molecular flexibility index (Phi) is 6.67. The van der Waals surface area contributed by atoms with Gasteiger partial charge in [-0.15, -0.1) is 0 Å². The standard InChI is InChI=1S/C24H28N2O4S/c1-24(2,3)20-11-7-18(8-12-20)17-26(4)23(27)19-9-13-22(14-10-19)31(28,29)25-16-21-6-5-15-30-21/h5-15,25H,16-17H2,1-4H3. The molecule has 7 heteroatoms. The maximum atomic E-state index is 12.8. The minimum atomic E-state index is -3.70. The fraction of sp³-hybridized carbons (Fsp3) is 0.292. The van der Waals surface area contributed by atoms with Crippen molar-refractivity contribution in [3.63, 3.8) is 0 Å². The van der Waals surface area contributed by atoms with E-state index in [4.69, 9.17) is 4.42 Å². The molecule has 0 aliphatic rings. The first-order chi connectivity index (χ1) is 14.6. The number of furan rings is 1. The smallest absolute Gasteiger partial charge is 0.253 e.